The van der Waals surface area contributed by atoms with Crippen molar-refractivity contribution in [1.82, 2.24) is 0 Å². The number of nitrogens with two attached hydrogens (primary N) is 1. The average molecular weight is 240 g/mol. The standard InChI is InChI=1S/C8H5ClF3NO2/c9-6-4(8(10,11)12)1-3(7(14)15)2-5(6)13/h1-2H,13H2,(H,14,15). The van der Waals surface area contributed by atoms with Crippen LogP contribution >= 0.6 is 11.6 Å². The number of nitrogen functional groups attached to an aromatic ring is 1. The van der Waals surface area contributed by atoms with Crippen LogP contribution in [0.3, 0.4) is 0 Å². The summed E-state index contributed by atoms with van der Waals surface area (Å²) >= 11 is 5.32. The number of carboxylic acids is 1. The predicted molar refractivity (Wildman–Crippen MR) is 47.8 cm³/mol. The van der Waals surface area contributed by atoms with Crippen molar-refractivity contribution in [3.63, 3.8) is 0 Å². The van der Waals surface area contributed by atoms with E-state index in [-0.39, 0.29) is 0 Å². The third-order valence-electron chi connectivity index (χ3n) is 1.65. The van der Waals surface area contributed by atoms with Crippen LogP contribution in [0.15, 0.2) is 12.1 Å². The minimum absolute atomic E-state index is 0.413. The molecule has 0 aliphatic rings. The van der Waals surface area contributed by atoms with E-state index < -0.39 is 34.0 Å². The fourth-order valence-electron chi connectivity index (χ4n) is 0.977. The molecular formula is C8H5ClF3NO2. The molecule has 0 saturated heterocycles. The van der Waals surface area contributed by atoms with Gasteiger partial charge in [-0.05, 0) is 12.1 Å². The lowest BCUT2D eigenvalue weighted by molar-refractivity contribution is -0.137. The Balaban J connectivity index is 3.45. The van der Waals surface area contributed by atoms with Crippen LogP contribution in [0, 0.1) is 0 Å². The highest BCUT2D eigenvalue weighted by Gasteiger charge is 2.34. The van der Waals surface area contributed by atoms with Gasteiger partial charge in [0.25, 0.3) is 0 Å². The van der Waals surface area contributed by atoms with Crippen LogP contribution in [0.1, 0.15) is 15.9 Å². The third-order valence-corrected chi connectivity index (χ3v) is 2.07. The molecule has 1 rings (SSSR count). The molecule has 0 fully saturated rings. The summed E-state index contributed by atoms with van der Waals surface area (Å²) in [5.74, 6) is -1.50. The van der Waals surface area contributed by atoms with Crippen LogP contribution in [-0.2, 0) is 6.18 Å². The summed E-state index contributed by atoms with van der Waals surface area (Å²) in [6, 6.07) is 1.32. The summed E-state index contributed by atoms with van der Waals surface area (Å²) in [4.78, 5) is 10.5. The van der Waals surface area contributed by atoms with E-state index in [1.165, 1.54) is 0 Å². The number of hydrogen-bond donors (Lipinski definition) is 2. The van der Waals surface area contributed by atoms with Crippen LogP contribution in [0.5, 0.6) is 0 Å². The van der Waals surface area contributed by atoms with Gasteiger partial charge in [0.05, 0.1) is 21.8 Å². The molecule has 7 heteroatoms. The topological polar surface area (TPSA) is 63.3 Å². The molecule has 0 bridgehead atoms. The lowest BCUT2D eigenvalue weighted by atomic mass is 10.1. The summed E-state index contributed by atoms with van der Waals surface area (Å²) in [5.41, 5.74) is 2.95. The van der Waals surface area contributed by atoms with Crippen LogP contribution in [0.2, 0.25) is 5.02 Å². The molecule has 0 heterocycles. The van der Waals surface area contributed by atoms with E-state index in [0.717, 1.165) is 6.07 Å². The van der Waals surface area contributed by atoms with Crippen LogP contribution in [-0.4, -0.2) is 11.1 Å². The molecular weight excluding hydrogens is 235 g/mol. The average Bonchev–Trinajstić information content (AvgIpc) is 2.06. The van der Waals surface area contributed by atoms with E-state index >= 15 is 0 Å². The van der Waals surface area contributed by atoms with E-state index in [2.05, 4.69) is 0 Å². The Hall–Kier alpha value is -1.43. The molecule has 0 saturated carbocycles. The summed E-state index contributed by atoms with van der Waals surface area (Å²) in [6.45, 7) is 0. The number of hydrogen-bond acceptors (Lipinski definition) is 2. The normalized spacial score (nSPS) is 11.5. The van der Waals surface area contributed by atoms with Gasteiger partial charge in [-0.3, -0.25) is 0 Å². The number of benzene rings is 1. The predicted octanol–water partition coefficient (Wildman–Crippen LogP) is 2.64. The quantitative estimate of drug-likeness (QED) is 0.741. The maximum Gasteiger partial charge on any atom is 0.417 e. The first-order valence-electron chi connectivity index (χ1n) is 3.63. The number of rotatable bonds is 1. The van der Waals surface area contributed by atoms with E-state index in [0.29, 0.717) is 6.07 Å². The molecule has 0 atom stereocenters. The van der Waals surface area contributed by atoms with Gasteiger partial charge in [-0.2, -0.15) is 13.2 Å². The maximum atomic E-state index is 12.3. The molecule has 82 valence electrons. The number of carboxylic acid groups (broad SMARTS) is 1. The van der Waals surface area contributed by atoms with Gasteiger partial charge in [-0.15, -0.1) is 0 Å². The number of alkyl halides is 3. The van der Waals surface area contributed by atoms with Crippen molar-refractivity contribution in [3.8, 4) is 0 Å². The molecule has 0 aliphatic carbocycles. The molecule has 0 spiro atoms. The minimum atomic E-state index is -4.73. The van der Waals surface area contributed by atoms with Gasteiger partial charge in [0, 0.05) is 0 Å². The number of aromatic carboxylic acids is 1. The van der Waals surface area contributed by atoms with Crippen molar-refractivity contribution in [2.75, 3.05) is 5.73 Å². The Kier molecular flexibility index (Phi) is 2.81. The highest BCUT2D eigenvalue weighted by atomic mass is 35.5. The van der Waals surface area contributed by atoms with Gasteiger partial charge in [0.15, 0.2) is 0 Å². The second-order valence-electron chi connectivity index (χ2n) is 2.73. The van der Waals surface area contributed by atoms with Crippen molar-refractivity contribution in [2.45, 2.75) is 6.18 Å². The van der Waals surface area contributed by atoms with Gasteiger partial charge >= 0.3 is 12.1 Å². The summed E-state index contributed by atoms with van der Waals surface area (Å²) in [6.07, 6.45) is -4.73. The smallest absolute Gasteiger partial charge is 0.417 e. The highest BCUT2D eigenvalue weighted by Crippen LogP contribution is 2.38. The summed E-state index contributed by atoms with van der Waals surface area (Å²) in [5, 5.41) is 7.84. The Bertz CT molecular complexity index is 417. The molecule has 0 aliphatic heterocycles. The van der Waals surface area contributed by atoms with Crippen molar-refractivity contribution in [3.05, 3.63) is 28.3 Å². The largest absolute Gasteiger partial charge is 0.478 e. The molecule has 1 aromatic rings. The van der Waals surface area contributed by atoms with Gasteiger partial charge in [0.2, 0.25) is 0 Å². The molecule has 0 radical (unpaired) electrons. The molecule has 1 aromatic carbocycles. The number of carbonyl (C=O) groups is 1. The summed E-state index contributed by atoms with van der Waals surface area (Å²) in [7, 11) is 0. The monoisotopic (exact) mass is 239 g/mol. The van der Waals surface area contributed by atoms with E-state index in [4.69, 9.17) is 22.4 Å². The Morgan fingerprint density at radius 1 is 1.40 bits per heavy atom. The zero-order valence-electron chi connectivity index (χ0n) is 7.10. The molecule has 0 amide bonds. The van der Waals surface area contributed by atoms with Crippen molar-refractivity contribution < 1.29 is 23.1 Å². The van der Waals surface area contributed by atoms with Crippen LogP contribution in [0.25, 0.3) is 0 Å². The first-order valence-corrected chi connectivity index (χ1v) is 4.01. The van der Waals surface area contributed by atoms with E-state index in [1.54, 1.807) is 0 Å². The lowest BCUT2D eigenvalue weighted by Crippen LogP contribution is -2.10. The van der Waals surface area contributed by atoms with Crippen molar-refractivity contribution in [2.24, 2.45) is 0 Å². The van der Waals surface area contributed by atoms with Crippen LogP contribution in [0.4, 0.5) is 18.9 Å². The van der Waals surface area contributed by atoms with Gasteiger partial charge in [-0.1, -0.05) is 11.6 Å². The Morgan fingerprint density at radius 3 is 2.33 bits per heavy atom. The lowest BCUT2D eigenvalue weighted by Gasteiger charge is -2.11. The van der Waals surface area contributed by atoms with Gasteiger partial charge < -0.3 is 10.8 Å². The second kappa shape index (κ2) is 3.62. The number of anilines is 1. The highest BCUT2D eigenvalue weighted by molar-refractivity contribution is 6.34. The van der Waals surface area contributed by atoms with Crippen molar-refractivity contribution >= 4 is 23.3 Å². The van der Waals surface area contributed by atoms with Crippen molar-refractivity contribution in [1.29, 1.82) is 0 Å². The maximum absolute atomic E-state index is 12.3. The SMILES string of the molecule is Nc1cc(C(=O)O)cc(C(F)(F)F)c1Cl. The molecule has 15 heavy (non-hydrogen) atoms. The van der Waals surface area contributed by atoms with Gasteiger partial charge in [0.1, 0.15) is 0 Å². The molecule has 0 unspecified atom stereocenters. The zero-order valence-corrected chi connectivity index (χ0v) is 7.86. The summed E-state index contributed by atoms with van der Waals surface area (Å²) < 4.78 is 37.0. The third kappa shape index (κ3) is 2.33. The number of halogens is 4. The fraction of sp³-hybridized carbons (Fsp3) is 0.125. The first-order chi connectivity index (χ1) is 6.73. The molecule has 3 N–H and O–H groups in total. The van der Waals surface area contributed by atoms with E-state index in [1.807, 2.05) is 0 Å². The second-order valence-corrected chi connectivity index (χ2v) is 3.11. The molecule has 0 aromatic heterocycles. The minimum Gasteiger partial charge on any atom is -0.478 e. The first kappa shape index (κ1) is 11.6. The van der Waals surface area contributed by atoms with Gasteiger partial charge in [-0.25, -0.2) is 4.79 Å². The Morgan fingerprint density at radius 2 is 1.93 bits per heavy atom. The zero-order chi connectivity index (χ0) is 11.8. The fourth-order valence-corrected chi connectivity index (χ4v) is 1.19. The van der Waals surface area contributed by atoms with Crippen LogP contribution < -0.4 is 5.73 Å². The Labute approximate surface area is 87.3 Å². The molecule has 3 nitrogen and oxygen atoms in total. The van der Waals surface area contributed by atoms with E-state index in [9.17, 15) is 18.0 Å².